The maximum atomic E-state index is 11.5. The van der Waals surface area contributed by atoms with Gasteiger partial charge in [0, 0.05) is 0 Å². The molecule has 1 atom stereocenters. The SMILES string of the molecule is CNCC(=O)NC(C)c1nc(-c2ccccc2OC)no1.Cl. The molecular formula is C14H19ClN4O3. The summed E-state index contributed by atoms with van der Waals surface area (Å²) in [5, 5.41) is 9.47. The van der Waals surface area contributed by atoms with Crippen molar-refractivity contribution in [1.29, 1.82) is 0 Å². The van der Waals surface area contributed by atoms with Gasteiger partial charge in [-0.15, -0.1) is 12.4 Å². The number of benzene rings is 1. The summed E-state index contributed by atoms with van der Waals surface area (Å²) >= 11 is 0. The van der Waals surface area contributed by atoms with Gasteiger partial charge in [-0.05, 0) is 26.1 Å². The third-order valence-electron chi connectivity index (χ3n) is 2.87. The molecule has 7 nitrogen and oxygen atoms in total. The number of carbonyl (C=O) groups excluding carboxylic acids is 1. The molecule has 0 spiro atoms. The Morgan fingerprint density at radius 2 is 2.14 bits per heavy atom. The van der Waals surface area contributed by atoms with Crippen LogP contribution in [0.5, 0.6) is 5.75 Å². The van der Waals surface area contributed by atoms with Crippen LogP contribution in [0.2, 0.25) is 0 Å². The van der Waals surface area contributed by atoms with Crippen molar-refractivity contribution in [2.75, 3.05) is 20.7 Å². The summed E-state index contributed by atoms with van der Waals surface area (Å²) in [7, 11) is 3.29. The first-order valence-electron chi connectivity index (χ1n) is 6.56. The van der Waals surface area contributed by atoms with Crippen molar-refractivity contribution in [3.63, 3.8) is 0 Å². The number of ether oxygens (including phenoxy) is 1. The first-order chi connectivity index (χ1) is 10.2. The van der Waals surface area contributed by atoms with Crippen LogP contribution in [0.25, 0.3) is 11.4 Å². The molecule has 0 fully saturated rings. The van der Waals surface area contributed by atoms with Crippen LogP contribution in [0.4, 0.5) is 0 Å². The van der Waals surface area contributed by atoms with Gasteiger partial charge >= 0.3 is 0 Å². The zero-order chi connectivity index (χ0) is 15.2. The highest BCUT2D eigenvalue weighted by molar-refractivity contribution is 5.85. The van der Waals surface area contributed by atoms with Gasteiger partial charge in [-0.25, -0.2) is 0 Å². The monoisotopic (exact) mass is 326 g/mol. The van der Waals surface area contributed by atoms with Crippen LogP contribution in [0.15, 0.2) is 28.8 Å². The van der Waals surface area contributed by atoms with Crippen molar-refractivity contribution in [3.05, 3.63) is 30.2 Å². The van der Waals surface area contributed by atoms with E-state index in [9.17, 15) is 4.79 Å². The van der Waals surface area contributed by atoms with Crippen molar-refractivity contribution in [2.24, 2.45) is 0 Å². The molecule has 22 heavy (non-hydrogen) atoms. The Kier molecular flexibility index (Phi) is 6.81. The van der Waals surface area contributed by atoms with Gasteiger partial charge in [-0.2, -0.15) is 4.98 Å². The van der Waals surface area contributed by atoms with E-state index in [1.54, 1.807) is 21.1 Å². The summed E-state index contributed by atoms with van der Waals surface area (Å²) < 4.78 is 10.5. The smallest absolute Gasteiger partial charge is 0.249 e. The lowest BCUT2D eigenvalue weighted by atomic mass is 10.2. The van der Waals surface area contributed by atoms with Crippen LogP contribution in [-0.2, 0) is 4.79 Å². The molecule has 0 aliphatic heterocycles. The zero-order valence-corrected chi connectivity index (χ0v) is 13.4. The Hall–Kier alpha value is -2.12. The van der Waals surface area contributed by atoms with Gasteiger partial charge in [-0.1, -0.05) is 17.3 Å². The fourth-order valence-corrected chi connectivity index (χ4v) is 1.86. The lowest BCUT2D eigenvalue weighted by Crippen LogP contribution is -2.34. The second-order valence-corrected chi connectivity index (χ2v) is 4.48. The van der Waals surface area contributed by atoms with E-state index in [1.807, 2.05) is 24.3 Å². The molecular weight excluding hydrogens is 308 g/mol. The lowest BCUT2D eigenvalue weighted by molar-refractivity contribution is -0.120. The highest BCUT2D eigenvalue weighted by Gasteiger charge is 2.18. The average Bonchev–Trinajstić information content (AvgIpc) is 2.97. The van der Waals surface area contributed by atoms with Gasteiger partial charge in [0.15, 0.2) is 0 Å². The molecule has 0 bridgehead atoms. The van der Waals surface area contributed by atoms with Crippen molar-refractivity contribution in [1.82, 2.24) is 20.8 Å². The number of nitrogens with zero attached hydrogens (tertiary/aromatic N) is 2. The Balaban J connectivity index is 0.00000242. The molecule has 1 aromatic carbocycles. The number of methoxy groups -OCH3 is 1. The first-order valence-corrected chi connectivity index (χ1v) is 6.56. The van der Waals surface area contributed by atoms with Gasteiger partial charge in [0.1, 0.15) is 11.8 Å². The van der Waals surface area contributed by atoms with E-state index in [0.717, 1.165) is 5.56 Å². The minimum atomic E-state index is -0.359. The molecule has 0 saturated carbocycles. The summed E-state index contributed by atoms with van der Waals surface area (Å²) in [6.45, 7) is 2.02. The molecule has 1 heterocycles. The molecule has 8 heteroatoms. The third kappa shape index (κ3) is 4.19. The molecule has 0 aliphatic carbocycles. The number of rotatable bonds is 6. The number of likely N-dealkylation sites (N-methyl/N-ethyl adjacent to an activating group) is 1. The van der Waals surface area contributed by atoms with Crippen molar-refractivity contribution in [2.45, 2.75) is 13.0 Å². The number of hydrogen-bond donors (Lipinski definition) is 2. The fourth-order valence-electron chi connectivity index (χ4n) is 1.86. The third-order valence-corrected chi connectivity index (χ3v) is 2.87. The van der Waals surface area contributed by atoms with E-state index in [0.29, 0.717) is 17.5 Å². The Labute approximate surface area is 134 Å². The number of amides is 1. The van der Waals surface area contributed by atoms with Crippen molar-refractivity contribution >= 4 is 18.3 Å². The van der Waals surface area contributed by atoms with Crippen LogP contribution in [0.1, 0.15) is 18.9 Å². The summed E-state index contributed by atoms with van der Waals surface area (Å²) in [6.07, 6.45) is 0. The van der Waals surface area contributed by atoms with Gasteiger partial charge in [0.2, 0.25) is 17.6 Å². The molecule has 2 aromatic rings. The van der Waals surface area contributed by atoms with E-state index in [1.165, 1.54) is 0 Å². The average molecular weight is 327 g/mol. The normalized spacial score (nSPS) is 11.4. The van der Waals surface area contributed by atoms with Gasteiger partial charge in [0.05, 0.1) is 19.2 Å². The topological polar surface area (TPSA) is 89.3 Å². The van der Waals surface area contributed by atoms with Crippen molar-refractivity contribution < 1.29 is 14.1 Å². The maximum Gasteiger partial charge on any atom is 0.249 e. The van der Waals surface area contributed by atoms with Crippen molar-refractivity contribution in [3.8, 4) is 17.1 Å². The number of nitrogens with one attached hydrogen (secondary N) is 2. The van der Waals surface area contributed by atoms with Crippen LogP contribution in [-0.4, -0.2) is 36.8 Å². The second kappa shape index (κ2) is 8.35. The highest BCUT2D eigenvalue weighted by atomic mass is 35.5. The molecule has 0 radical (unpaired) electrons. The quantitative estimate of drug-likeness (QED) is 0.837. The molecule has 1 amide bonds. The summed E-state index contributed by atoms with van der Waals surface area (Å²) in [4.78, 5) is 15.8. The van der Waals surface area contributed by atoms with Crippen LogP contribution in [0, 0.1) is 0 Å². The number of halogens is 1. The minimum Gasteiger partial charge on any atom is -0.496 e. The van der Waals surface area contributed by atoms with Gasteiger partial charge in [0.25, 0.3) is 0 Å². The van der Waals surface area contributed by atoms with E-state index < -0.39 is 0 Å². The van der Waals surface area contributed by atoms with Crippen LogP contribution >= 0.6 is 12.4 Å². The number of hydrogen-bond acceptors (Lipinski definition) is 6. The summed E-state index contributed by atoms with van der Waals surface area (Å²) in [5.41, 5.74) is 0.740. The van der Waals surface area contributed by atoms with E-state index in [2.05, 4.69) is 20.8 Å². The highest BCUT2D eigenvalue weighted by Crippen LogP contribution is 2.27. The molecule has 1 unspecified atom stereocenters. The summed E-state index contributed by atoms with van der Waals surface area (Å²) in [6, 6.07) is 7.04. The largest absolute Gasteiger partial charge is 0.496 e. The molecule has 1 aromatic heterocycles. The Morgan fingerprint density at radius 3 is 2.82 bits per heavy atom. The molecule has 0 saturated heterocycles. The minimum absolute atomic E-state index is 0. The second-order valence-electron chi connectivity index (χ2n) is 4.48. The predicted octanol–water partition coefficient (Wildman–Crippen LogP) is 1.56. The maximum absolute atomic E-state index is 11.5. The molecule has 120 valence electrons. The van der Waals surface area contributed by atoms with Crippen LogP contribution in [0.3, 0.4) is 0 Å². The van der Waals surface area contributed by atoms with E-state index in [4.69, 9.17) is 9.26 Å². The standard InChI is InChI=1S/C14H18N4O3.ClH/c1-9(16-12(19)8-15-2)14-17-13(18-21-14)10-6-4-5-7-11(10)20-3;/h4-7,9,15H,8H2,1-3H3,(H,16,19);1H. The lowest BCUT2D eigenvalue weighted by Gasteiger charge is -2.08. The Bertz CT molecular complexity index is 618. The Morgan fingerprint density at radius 1 is 1.41 bits per heavy atom. The van der Waals surface area contributed by atoms with Crippen LogP contribution < -0.4 is 15.4 Å². The zero-order valence-electron chi connectivity index (χ0n) is 12.6. The van der Waals surface area contributed by atoms with Gasteiger partial charge < -0.3 is 19.9 Å². The molecule has 0 aliphatic rings. The number of aromatic nitrogens is 2. The molecule has 2 N–H and O–H groups in total. The first kappa shape index (κ1) is 17.9. The number of carbonyl (C=O) groups is 1. The van der Waals surface area contributed by atoms with E-state index in [-0.39, 0.29) is 30.9 Å². The molecule has 2 rings (SSSR count). The van der Waals surface area contributed by atoms with E-state index >= 15 is 0 Å². The fraction of sp³-hybridized carbons (Fsp3) is 0.357. The van der Waals surface area contributed by atoms with Gasteiger partial charge in [-0.3, -0.25) is 4.79 Å². The number of para-hydroxylation sites is 1. The summed E-state index contributed by atoms with van der Waals surface area (Å²) in [5.74, 6) is 1.30. The predicted molar refractivity (Wildman–Crippen MR) is 84.0 cm³/mol.